The van der Waals surface area contributed by atoms with Crippen LogP contribution < -0.4 is 14.5 Å². The number of hydrogen-bond donors (Lipinski definition) is 0. The molecule has 0 aliphatic rings. The van der Waals surface area contributed by atoms with Crippen LogP contribution in [-0.2, 0) is 20.1 Å². The Labute approximate surface area is 201 Å². The van der Waals surface area contributed by atoms with E-state index in [0.717, 1.165) is 41.2 Å². The molecule has 1 aromatic carbocycles. The number of hydrogen-bond acceptors (Lipinski definition) is 7. The first-order valence-corrected chi connectivity index (χ1v) is 11.9. The van der Waals surface area contributed by atoms with Crippen molar-refractivity contribution in [3.05, 3.63) is 65.6 Å². The van der Waals surface area contributed by atoms with E-state index in [1.807, 2.05) is 31.6 Å². The molecular weight excluding hydrogens is 426 g/mol. The molecular formula is C26H33N7O. The number of rotatable bonds is 10. The van der Waals surface area contributed by atoms with Crippen molar-refractivity contribution in [3.63, 3.8) is 0 Å². The largest absolute Gasteiger partial charge is 0.491 e. The molecule has 0 spiro atoms. The number of ether oxygens (including phenoxy) is 1. The van der Waals surface area contributed by atoms with Crippen molar-refractivity contribution in [2.45, 2.75) is 40.8 Å². The molecule has 0 atom stereocenters. The summed E-state index contributed by atoms with van der Waals surface area (Å²) in [6.45, 7) is 11.9. The SMILES string of the molecule is CCOc1cnc(N(Cc2ccccc2)Cc2cc3c(C)nn(C)c3nc2N(CC)CC)nc1. The summed E-state index contributed by atoms with van der Waals surface area (Å²) in [7, 11) is 1.95. The van der Waals surface area contributed by atoms with E-state index in [4.69, 9.17) is 9.72 Å². The minimum atomic E-state index is 0.583. The molecule has 0 saturated carbocycles. The molecule has 8 nitrogen and oxygen atoms in total. The molecule has 0 saturated heterocycles. The summed E-state index contributed by atoms with van der Waals surface area (Å²) in [6, 6.07) is 12.6. The molecule has 4 aromatic rings. The van der Waals surface area contributed by atoms with Gasteiger partial charge in [0.05, 0.1) is 24.7 Å². The number of nitrogens with zero attached hydrogens (tertiary/aromatic N) is 7. The predicted molar refractivity (Wildman–Crippen MR) is 136 cm³/mol. The van der Waals surface area contributed by atoms with Crippen LogP contribution in [0.3, 0.4) is 0 Å². The highest BCUT2D eigenvalue weighted by molar-refractivity contribution is 5.81. The van der Waals surface area contributed by atoms with Gasteiger partial charge in [0.1, 0.15) is 5.82 Å². The summed E-state index contributed by atoms with van der Waals surface area (Å²) in [6.07, 6.45) is 3.48. The molecule has 0 unspecified atom stereocenters. The first kappa shape index (κ1) is 23.5. The Morgan fingerprint density at radius 1 is 0.941 bits per heavy atom. The van der Waals surface area contributed by atoms with Crippen LogP contribution in [0.2, 0.25) is 0 Å². The third-order valence-electron chi connectivity index (χ3n) is 5.90. The number of anilines is 2. The van der Waals surface area contributed by atoms with Gasteiger partial charge in [-0.3, -0.25) is 4.68 Å². The van der Waals surface area contributed by atoms with Crippen LogP contribution in [0.25, 0.3) is 11.0 Å². The Kier molecular flexibility index (Phi) is 7.25. The summed E-state index contributed by atoms with van der Waals surface area (Å²) >= 11 is 0. The van der Waals surface area contributed by atoms with Crippen molar-refractivity contribution in [1.29, 1.82) is 0 Å². The Hall–Kier alpha value is -3.68. The number of aromatic nitrogens is 5. The van der Waals surface area contributed by atoms with Gasteiger partial charge in [0.2, 0.25) is 5.95 Å². The quantitative estimate of drug-likeness (QED) is 0.345. The molecule has 0 radical (unpaired) electrons. The second-order valence-electron chi connectivity index (χ2n) is 8.22. The van der Waals surface area contributed by atoms with E-state index in [0.29, 0.717) is 31.4 Å². The van der Waals surface area contributed by atoms with Crippen LogP contribution in [0.4, 0.5) is 11.8 Å². The van der Waals surface area contributed by atoms with E-state index in [1.165, 1.54) is 5.56 Å². The number of benzene rings is 1. The molecule has 0 N–H and O–H groups in total. The minimum Gasteiger partial charge on any atom is -0.491 e. The predicted octanol–water partition coefficient (Wildman–Crippen LogP) is 4.52. The van der Waals surface area contributed by atoms with Gasteiger partial charge < -0.3 is 14.5 Å². The summed E-state index contributed by atoms with van der Waals surface area (Å²) < 4.78 is 7.41. The van der Waals surface area contributed by atoms with Crippen LogP contribution in [0.15, 0.2) is 48.8 Å². The molecule has 8 heteroatoms. The molecule has 34 heavy (non-hydrogen) atoms. The summed E-state index contributed by atoms with van der Waals surface area (Å²) in [4.78, 5) is 18.8. The highest BCUT2D eigenvalue weighted by atomic mass is 16.5. The van der Waals surface area contributed by atoms with Crippen LogP contribution in [0.1, 0.15) is 37.6 Å². The van der Waals surface area contributed by atoms with Gasteiger partial charge in [-0.25, -0.2) is 15.0 Å². The van der Waals surface area contributed by atoms with Crippen LogP contribution in [0.5, 0.6) is 5.75 Å². The maximum atomic E-state index is 5.55. The standard InChI is InChI=1S/C26H33N7O/c1-6-32(7-2)24-21(14-23-19(4)30-31(5)25(23)29-24)18-33(17-20-12-10-9-11-13-20)26-27-15-22(16-28-26)34-8-3/h9-16H,6-8,17-18H2,1-5H3. The zero-order valence-electron chi connectivity index (χ0n) is 20.7. The third kappa shape index (κ3) is 4.95. The average molecular weight is 460 g/mol. The third-order valence-corrected chi connectivity index (χ3v) is 5.90. The fourth-order valence-corrected chi connectivity index (χ4v) is 4.21. The smallest absolute Gasteiger partial charge is 0.226 e. The zero-order chi connectivity index (χ0) is 24.1. The van der Waals surface area contributed by atoms with Crippen molar-refractivity contribution in [3.8, 4) is 5.75 Å². The molecule has 178 valence electrons. The average Bonchev–Trinajstić information content (AvgIpc) is 3.13. The molecule has 0 amide bonds. The van der Waals surface area contributed by atoms with Crippen molar-refractivity contribution in [2.75, 3.05) is 29.5 Å². The molecule has 3 heterocycles. The lowest BCUT2D eigenvalue weighted by atomic mass is 10.1. The lowest BCUT2D eigenvalue weighted by molar-refractivity contribution is 0.337. The maximum absolute atomic E-state index is 5.55. The minimum absolute atomic E-state index is 0.583. The second-order valence-corrected chi connectivity index (χ2v) is 8.22. The number of fused-ring (bicyclic) bond motifs is 1. The first-order valence-electron chi connectivity index (χ1n) is 11.9. The fraction of sp³-hybridized carbons (Fsp3) is 0.385. The van der Waals surface area contributed by atoms with Gasteiger partial charge in [-0.05, 0) is 39.3 Å². The van der Waals surface area contributed by atoms with Gasteiger partial charge in [0.25, 0.3) is 0 Å². The van der Waals surface area contributed by atoms with E-state index in [9.17, 15) is 0 Å². The zero-order valence-corrected chi connectivity index (χ0v) is 20.7. The Balaban J connectivity index is 1.78. The Morgan fingerprint density at radius 3 is 2.29 bits per heavy atom. The van der Waals surface area contributed by atoms with Gasteiger partial charge in [-0.15, -0.1) is 0 Å². The van der Waals surface area contributed by atoms with Crippen molar-refractivity contribution < 1.29 is 4.74 Å². The molecule has 0 bridgehead atoms. The number of aryl methyl sites for hydroxylation is 2. The summed E-state index contributed by atoms with van der Waals surface area (Å²) in [5, 5.41) is 5.67. The fourth-order valence-electron chi connectivity index (χ4n) is 4.21. The highest BCUT2D eigenvalue weighted by Crippen LogP contribution is 2.28. The molecule has 4 rings (SSSR count). The normalized spacial score (nSPS) is 11.1. The van der Waals surface area contributed by atoms with Gasteiger partial charge in [-0.2, -0.15) is 5.10 Å². The topological polar surface area (TPSA) is 72.2 Å². The van der Waals surface area contributed by atoms with E-state index in [2.05, 4.69) is 69.0 Å². The lowest BCUT2D eigenvalue weighted by Gasteiger charge is -2.27. The van der Waals surface area contributed by atoms with Gasteiger partial charge in [-0.1, -0.05) is 30.3 Å². The Bertz CT molecular complexity index is 1220. The molecule has 3 aromatic heterocycles. The number of pyridine rings is 1. The molecule has 0 fully saturated rings. The van der Waals surface area contributed by atoms with E-state index in [-0.39, 0.29) is 0 Å². The maximum Gasteiger partial charge on any atom is 0.226 e. The van der Waals surface area contributed by atoms with E-state index in [1.54, 1.807) is 12.4 Å². The van der Waals surface area contributed by atoms with Crippen LogP contribution in [0, 0.1) is 6.92 Å². The first-order chi connectivity index (χ1) is 16.5. The van der Waals surface area contributed by atoms with Crippen molar-refractivity contribution >= 4 is 22.8 Å². The van der Waals surface area contributed by atoms with Crippen molar-refractivity contribution in [2.24, 2.45) is 7.05 Å². The molecule has 0 aliphatic heterocycles. The van der Waals surface area contributed by atoms with Crippen molar-refractivity contribution in [1.82, 2.24) is 24.7 Å². The molecule has 0 aliphatic carbocycles. The monoisotopic (exact) mass is 459 g/mol. The lowest BCUT2D eigenvalue weighted by Crippen LogP contribution is -2.28. The van der Waals surface area contributed by atoms with E-state index >= 15 is 0 Å². The highest BCUT2D eigenvalue weighted by Gasteiger charge is 2.20. The van der Waals surface area contributed by atoms with E-state index < -0.39 is 0 Å². The van der Waals surface area contributed by atoms with Gasteiger partial charge >= 0.3 is 0 Å². The van der Waals surface area contributed by atoms with Gasteiger partial charge in [0, 0.05) is 44.2 Å². The summed E-state index contributed by atoms with van der Waals surface area (Å²) in [5.74, 6) is 2.30. The van der Waals surface area contributed by atoms with Crippen LogP contribution >= 0.6 is 0 Å². The second kappa shape index (κ2) is 10.5. The Morgan fingerprint density at radius 2 is 1.65 bits per heavy atom. The summed E-state index contributed by atoms with van der Waals surface area (Å²) in [5.41, 5.74) is 4.19. The van der Waals surface area contributed by atoms with Gasteiger partial charge in [0.15, 0.2) is 11.4 Å². The van der Waals surface area contributed by atoms with Crippen LogP contribution in [-0.4, -0.2) is 44.4 Å².